The van der Waals surface area contributed by atoms with Crippen molar-refractivity contribution in [3.05, 3.63) is 36.3 Å². The zero-order chi connectivity index (χ0) is 47.9. The highest BCUT2D eigenvalue weighted by Crippen LogP contribution is 2.68. The molecule has 0 aromatic heterocycles. The number of carbonyl (C=O) groups is 2. The van der Waals surface area contributed by atoms with E-state index in [0.717, 1.165) is 109 Å². The zero-order valence-corrected chi connectivity index (χ0v) is 44.7. The minimum atomic E-state index is -0.474. The molecule has 0 bridgehead atoms. The van der Waals surface area contributed by atoms with Gasteiger partial charge in [-0.2, -0.15) is 9.78 Å². The Morgan fingerprint density at radius 2 is 1.15 bits per heavy atom. The second-order valence-electron chi connectivity index (χ2n) is 23.0. The summed E-state index contributed by atoms with van der Waals surface area (Å²) in [6.07, 6.45) is 18.4. The second-order valence-corrected chi connectivity index (χ2v) is 25.4. The molecule has 0 aliphatic heterocycles. The van der Waals surface area contributed by atoms with Gasteiger partial charge in [0.15, 0.2) is 0 Å². The topological polar surface area (TPSA) is 130 Å². The zero-order valence-electron chi connectivity index (χ0n) is 41.5. The summed E-state index contributed by atoms with van der Waals surface area (Å²) in [5, 5.41) is 22.9. The largest absolute Gasteiger partial charge is 0.461 e. The normalized spacial score (nSPS) is 45.4. The average Bonchev–Trinajstić information content (AvgIpc) is 3.68. The molecule has 66 heavy (non-hydrogen) atoms. The third-order valence-corrected chi connectivity index (χ3v) is 21.0. The first-order valence-corrected chi connectivity index (χ1v) is 27.9. The summed E-state index contributed by atoms with van der Waals surface area (Å²) >= 11 is 7.70. The number of carbonyl (C=O) groups excluding carboxylic acids is 2. The van der Waals surface area contributed by atoms with Gasteiger partial charge in [0.2, 0.25) is 0 Å². The molecule has 0 radical (unpaired) electrons. The second kappa shape index (κ2) is 21.1. The number of aliphatic hydroxyl groups is 2. The highest BCUT2D eigenvalue weighted by Gasteiger charge is 2.66. The van der Waals surface area contributed by atoms with E-state index in [-0.39, 0.29) is 85.6 Å². The van der Waals surface area contributed by atoms with Gasteiger partial charge in [-0.25, -0.2) is 0 Å². The molecule has 7 saturated carbocycles. The van der Waals surface area contributed by atoms with Gasteiger partial charge in [0.05, 0.1) is 21.9 Å². The van der Waals surface area contributed by atoms with Crippen molar-refractivity contribution in [2.24, 2.45) is 63.1 Å². The van der Waals surface area contributed by atoms with Crippen molar-refractivity contribution < 1.29 is 48.8 Å². The molecule has 0 aromatic carbocycles. The van der Waals surface area contributed by atoms with Gasteiger partial charge in [0, 0.05) is 36.5 Å². The maximum atomic E-state index is 12.2. The number of aliphatic hydroxyl groups excluding tert-OH is 2. The van der Waals surface area contributed by atoms with E-state index in [9.17, 15) is 19.8 Å². The molecule has 8 aliphatic rings. The van der Waals surface area contributed by atoms with Gasteiger partial charge >= 0.3 is 11.9 Å². The molecule has 0 saturated heterocycles. The molecule has 19 atom stereocenters. The molecule has 2 N–H and O–H groups in total. The van der Waals surface area contributed by atoms with E-state index in [1.54, 1.807) is 0 Å². The van der Waals surface area contributed by atoms with Crippen molar-refractivity contribution >= 4 is 43.8 Å². The summed E-state index contributed by atoms with van der Waals surface area (Å²) in [6, 6.07) is 0. The van der Waals surface area contributed by atoms with Crippen molar-refractivity contribution in [2.45, 2.75) is 224 Å². The minimum Gasteiger partial charge on any atom is -0.461 e. The van der Waals surface area contributed by atoms with Gasteiger partial charge < -0.3 is 29.5 Å². The Labute approximate surface area is 413 Å². The van der Waals surface area contributed by atoms with Crippen LogP contribution >= 0.6 is 31.9 Å². The number of ether oxygens (including phenoxy) is 2. The summed E-state index contributed by atoms with van der Waals surface area (Å²) in [7, 11) is 0. The lowest BCUT2D eigenvalue weighted by Crippen LogP contribution is -2.59. The predicted molar refractivity (Wildman–Crippen MR) is 263 cm³/mol. The first-order valence-electron chi connectivity index (χ1n) is 26.0. The van der Waals surface area contributed by atoms with Gasteiger partial charge in [-0.15, -0.1) is 0 Å². The van der Waals surface area contributed by atoms with E-state index in [1.165, 1.54) is 5.57 Å². The fourth-order valence-corrected chi connectivity index (χ4v) is 17.8. The van der Waals surface area contributed by atoms with Crippen LogP contribution in [0.15, 0.2) is 36.3 Å². The highest BCUT2D eigenvalue weighted by molar-refractivity contribution is 9.09. The van der Waals surface area contributed by atoms with Crippen molar-refractivity contribution in [3.63, 3.8) is 0 Å². The Balaban J connectivity index is 0.000000196. The molecule has 8 rings (SSSR count). The molecule has 10 nitrogen and oxygen atoms in total. The Bertz CT molecular complexity index is 1790. The number of esters is 2. The van der Waals surface area contributed by atoms with Crippen molar-refractivity contribution in [1.82, 2.24) is 0 Å². The fourth-order valence-electron chi connectivity index (χ4n) is 15.6. The van der Waals surface area contributed by atoms with Crippen LogP contribution in [0.25, 0.3) is 0 Å². The maximum absolute atomic E-state index is 12.2. The average molecular weight is 1050 g/mol. The van der Waals surface area contributed by atoms with Gasteiger partial charge in [-0.3, -0.25) is 9.59 Å². The van der Waals surface area contributed by atoms with E-state index >= 15 is 0 Å². The summed E-state index contributed by atoms with van der Waals surface area (Å²) in [6.45, 7) is 25.2. The number of alkyl halides is 2. The molecule has 8 unspecified atom stereocenters. The molecule has 12 heteroatoms. The summed E-state index contributed by atoms with van der Waals surface area (Å²) in [4.78, 5) is 47.1. The maximum Gasteiger partial charge on any atom is 0.305 e. The lowest BCUT2D eigenvalue weighted by atomic mass is 9.44. The predicted octanol–water partition coefficient (Wildman–Crippen LogP) is 12.6. The summed E-state index contributed by atoms with van der Waals surface area (Å²) in [5.41, 5.74) is 1.44. The van der Waals surface area contributed by atoms with Gasteiger partial charge in [-0.05, 0) is 149 Å². The lowest BCUT2D eigenvalue weighted by molar-refractivity contribution is -0.313. The molecule has 8 aliphatic carbocycles. The number of hydrogen-bond acceptors (Lipinski definition) is 10. The Morgan fingerprint density at radius 1 is 0.652 bits per heavy atom. The van der Waals surface area contributed by atoms with Crippen LogP contribution in [0.4, 0.5) is 0 Å². The number of rotatable bonds is 14. The highest BCUT2D eigenvalue weighted by atomic mass is 79.9. The SMILES string of the molecule is C=C(CCC)OO[C@H]1CC[C@@]2(C)C(=C[C@H](O)C3C2CC[C@@]2(C)C3C[C@@H](Br)[C@@H]2OC(=O)CC)C1.C=C(CCC)OO[C@H]1CC[C@@]2(C)C(C1)C[C@H](O)C1C2CC[C@@]2(C)C1C[C@@H](Br)C2OC(=O)CC. The van der Waals surface area contributed by atoms with Crippen molar-refractivity contribution in [3.8, 4) is 0 Å². The van der Waals surface area contributed by atoms with E-state index < -0.39 is 6.10 Å². The summed E-state index contributed by atoms with van der Waals surface area (Å²) in [5.74, 6) is 3.67. The first kappa shape index (κ1) is 52.4. The van der Waals surface area contributed by atoms with Crippen molar-refractivity contribution in [1.29, 1.82) is 0 Å². The molecule has 0 amide bonds. The van der Waals surface area contributed by atoms with E-state index in [0.29, 0.717) is 53.9 Å². The van der Waals surface area contributed by atoms with E-state index in [2.05, 4.69) is 92.6 Å². The van der Waals surface area contributed by atoms with E-state index in [1.807, 2.05) is 13.8 Å². The van der Waals surface area contributed by atoms with Gasteiger partial charge in [0.1, 0.15) is 35.9 Å². The van der Waals surface area contributed by atoms with Crippen LogP contribution < -0.4 is 0 Å². The first-order chi connectivity index (χ1) is 31.3. The lowest BCUT2D eigenvalue weighted by Gasteiger charge is -2.62. The third-order valence-electron chi connectivity index (χ3n) is 19.3. The monoisotopic (exact) mass is 1050 g/mol. The van der Waals surface area contributed by atoms with Crippen LogP contribution in [0.5, 0.6) is 0 Å². The Morgan fingerprint density at radius 3 is 1.70 bits per heavy atom. The van der Waals surface area contributed by atoms with Gasteiger partial charge in [0.25, 0.3) is 0 Å². The quantitative estimate of drug-likeness (QED) is 0.0433. The Kier molecular flexibility index (Phi) is 16.8. The molecule has 0 heterocycles. The summed E-state index contributed by atoms with van der Waals surface area (Å²) < 4.78 is 11.9. The van der Waals surface area contributed by atoms with Crippen LogP contribution in [-0.4, -0.2) is 68.4 Å². The molecular formula is C54H84Br2O10. The van der Waals surface area contributed by atoms with Crippen LogP contribution in [0.1, 0.15) is 177 Å². The molecule has 374 valence electrons. The third kappa shape index (κ3) is 9.92. The van der Waals surface area contributed by atoms with Crippen LogP contribution in [0, 0.1) is 63.1 Å². The number of halogens is 2. The number of fused-ring (bicyclic) bond motifs is 10. The standard InChI is InChI=1S/C27H43BrO5.C27H41BrO5/c2*1-6-8-16(3)32-33-18-9-11-26(4)17(13-18)14-22(29)24-19(26)10-12-27(5)20(24)15-21(28)25(27)31-23(30)7-2/h17-22,24-25,29H,3,6-15H2,1-2,4-5H3;14,18-22,24-25,29H,3,6-13,15H2,1-2,4-5H3/t17?,18-,19?,20?,21+,22-,24?,25?,26-,27-;18-,19?,20?,21+,22-,24?,25-,26-,27-/m00/s1. The minimum absolute atomic E-state index is 0.00627. The van der Waals surface area contributed by atoms with Crippen LogP contribution in [-0.2, 0) is 38.6 Å². The molecule has 0 spiro atoms. The smallest absolute Gasteiger partial charge is 0.305 e. The Hall–Kier alpha value is -1.44. The van der Waals surface area contributed by atoms with Crippen molar-refractivity contribution in [2.75, 3.05) is 0 Å². The van der Waals surface area contributed by atoms with Gasteiger partial charge in [-0.1, -0.05) is 112 Å². The molecule has 0 aromatic rings. The van der Waals surface area contributed by atoms with Crippen LogP contribution in [0.3, 0.4) is 0 Å². The fraction of sp³-hybridized carbons (Fsp3) is 0.852. The van der Waals surface area contributed by atoms with Crippen LogP contribution in [0.2, 0.25) is 0 Å². The number of hydrogen-bond donors (Lipinski definition) is 2. The molecule has 7 fully saturated rings. The number of allylic oxidation sites excluding steroid dienone is 2. The molecular weight excluding hydrogens is 968 g/mol. The van der Waals surface area contributed by atoms with E-state index in [4.69, 9.17) is 29.0 Å².